The number of nitrogens with zero attached hydrogens (tertiary/aromatic N) is 2. The van der Waals surface area contributed by atoms with Gasteiger partial charge in [-0.05, 0) is 22.0 Å². The van der Waals surface area contributed by atoms with Gasteiger partial charge in [0, 0.05) is 18.2 Å². The van der Waals surface area contributed by atoms with E-state index in [1.54, 1.807) is 18.2 Å². The summed E-state index contributed by atoms with van der Waals surface area (Å²) in [5, 5.41) is 12.7. The fourth-order valence-corrected chi connectivity index (χ4v) is 1.79. The van der Waals surface area contributed by atoms with Crippen molar-refractivity contribution >= 4 is 21.7 Å². The van der Waals surface area contributed by atoms with Crippen LogP contribution in [0.4, 0.5) is 5.82 Å². The molecule has 1 aromatic heterocycles. The summed E-state index contributed by atoms with van der Waals surface area (Å²) in [6.07, 6.45) is 0. The third kappa shape index (κ3) is 3.10. The number of nitrogens with one attached hydrogen (secondary N) is 1. The van der Waals surface area contributed by atoms with Gasteiger partial charge in [0.2, 0.25) is 0 Å². The summed E-state index contributed by atoms with van der Waals surface area (Å²) in [6.45, 7) is 0.472. The molecule has 0 amide bonds. The molecule has 2 N–H and O–H groups in total. The quantitative estimate of drug-likeness (QED) is 0.850. The molecule has 0 aliphatic rings. The van der Waals surface area contributed by atoms with Crippen LogP contribution in [0.3, 0.4) is 0 Å². The first-order valence-corrected chi connectivity index (χ1v) is 6.07. The predicted octanol–water partition coefficient (Wildman–Crippen LogP) is 2.57. The second-order valence-electron chi connectivity index (χ2n) is 3.54. The van der Waals surface area contributed by atoms with Gasteiger partial charge in [-0.1, -0.05) is 18.2 Å². The molecule has 0 fully saturated rings. The van der Waals surface area contributed by atoms with Crippen LogP contribution in [0, 0.1) is 0 Å². The van der Waals surface area contributed by atoms with E-state index in [2.05, 4.69) is 31.2 Å². The standard InChI is InChI=1S/C12H12BrN3O2/c1-18-12-15-10(13)6-11(16-12)14-7-8-4-2-3-5-9(8)17/h2-6,17H,7H2,1H3,(H,14,15,16). The van der Waals surface area contributed by atoms with E-state index in [-0.39, 0.29) is 11.8 Å². The van der Waals surface area contributed by atoms with Crippen LogP contribution in [-0.4, -0.2) is 22.2 Å². The molecule has 6 heteroatoms. The highest BCUT2D eigenvalue weighted by atomic mass is 79.9. The second-order valence-corrected chi connectivity index (χ2v) is 4.36. The smallest absolute Gasteiger partial charge is 0.319 e. The molecule has 2 aromatic rings. The fraction of sp³-hybridized carbons (Fsp3) is 0.167. The Bertz CT molecular complexity index is 549. The maximum Gasteiger partial charge on any atom is 0.319 e. The molecular formula is C12H12BrN3O2. The topological polar surface area (TPSA) is 67.3 Å². The maximum atomic E-state index is 9.64. The zero-order valence-electron chi connectivity index (χ0n) is 9.72. The van der Waals surface area contributed by atoms with Crippen LogP contribution in [0.1, 0.15) is 5.56 Å². The summed E-state index contributed by atoms with van der Waals surface area (Å²) < 4.78 is 5.60. The molecule has 0 saturated carbocycles. The number of para-hydroxylation sites is 1. The van der Waals surface area contributed by atoms with E-state index in [4.69, 9.17) is 4.74 Å². The summed E-state index contributed by atoms with van der Waals surface area (Å²) in [5.41, 5.74) is 0.797. The number of anilines is 1. The lowest BCUT2D eigenvalue weighted by atomic mass is 10.2. The third-order valence-electron chi connectivity index (χ3n) is 2.31. The van der Waals surface area contributed by atoms with Gasteiger partial charge in [-0.3, -0.25) is 0 Å². The number of phenols is 1. The van der Waals surface area contributed by atoms with Crippen molar-refractivity contribution in [1.29, 1.82) is 0 Å². The van der Waals surface area contributed by atoms with E-state index in [1.807, 2.05) is 12.1 Å². The lowest BCUT2D eigenvalue weighted by molar-refractivity contribution is 0.379. The number of methoxy groups -OCH3 is 1. The van der Waals surface area contributed by atoms with Gasteiger partial charge in [0.15, 0.2) is 0 Å². The lowest BCUT2D eigenvalue weighted by Gasteiger charge is -2.08. The molecule has 1 aromatic carbocycles. The van der Waals surface area contributed by atoms with E-state index >= 15 is 0 Å². The Morgan fingerprint density at radius 3 is 2.83 bits per heavy atom. The molecule has 0 radical (unpaired) electrons. The molecule has 0 aliphatic heterocycles. The van der Waals surface area contributed by atoms with Gasteiger partial charge in [0.05, 0.1) is 7.11 Å². The van der Waals surface area contributed by atoms with Gasteiger partial charge in [-0.2, -0.15) is 9.97 Å². The van der Waals surface area contributed by atoms with Crippen molar-refractivity contribution in [2.75, 3.05) is 12.4 Å². The van der Waals surface area contributed by atoms with Crippen molar-refractivity contribution in [2.45, 2.75) is 6.54 Å². The highest BCUT2D eigenvalue weighted by Crippen LogP contribution is 2.19. The van der Waals surface area contributed by atoms with Crippen LogP contribution >= 0.6 is 15.9 Å². The molecule has 94 valence electrons. The van der Waals surface area contributed by atoms with Crippen LogP contribution in [0.15, 0.2) is 34.9 Å². The lowest BCUT2D eigenvalue weighted by Crippen LogP contribution is -2.03. The number of rotatable bonds is 4. The van der Waals surface area contributed by atoms with Crippen molar-refractivity contribution in [2.24, 2.45) is 0 Å². The van der Waals surface area contributed by atoms with E-state index in [0.29, 0.717) is 17.0 Å². The molecule has 1 heterocycles. The number of aromatic hydroxyl groups is 1. The minimum Gasteiger partial charge on any atom is -0.508 e. The van der Waals surface area contributed by atoms with Crippen LogP contribution in [0.2, 0.25) is 0 Å². The van der Waals surface area contributed by atoms with Crippen molar-refractivity contribution in [1.82, 2.24) is 9.97 Å². The number of benzene rings is 1. The SMILES string of the molecule is COc1nc(Br)cc(NCc2ccccc2O)n1. The van der Waals surface area contributed by atoms with Crippen molar-refractivity contribution in [3.63, 3.8) is 0 Å². The zero-order chi connectivity index (χ0) is 13.0. The van der Waals surface area contributed by atoms with Gasteiger partial charge in [-0.15, -0.1) is 0 Å². The maximum absolute atomic E-state index is 9.64. The van der Waals surface area contributed by atoms with E-state index in [9.17, 15) is 5.11 Å². The normalized spacial score (nSPS) is 10.1. The first kappa shape index (κ1) is 12.6. The Labute approximate surface area is 113 Å². The average Bonchev–Trinajstić information content (AvgIpc) is 2.37. The molecule has 0 atom stereocenters. The minimum atomic E-state index is 0.255. The molecule has 0 saturated heterocycles. The van der Waals surface area contributed by atoms with Gasteiger partial charge >= 0.3 is 6.01 Å². The van der Waals surface area contributed by atoms with Gasteiger partial charge in [0.25, 0.3) is 0 Å². The van der Waals surface area contributed by atoms with Crippen LogP contribution in [0.25, 0.3) is 0 Å². The minimum absolute atomic E-state index is 0.255. The first-order valence-electron chi connectivity index (χ1n) is 5.28. The van der Waals surface area contributed by atoms with Crippen LogP contribution in [0.5, 0.6) is 11.8 Å². The van der Waals surface area contributed by atoms with Gasteiger partial charge < -0.3 is 15.2 Å². The summed E-state index contributed by atoms with van der Waals surface area (Å²) in [4.78, 5) is 8.16. The number of ether oxygens (including phenoxy) is 1. The molecule has 18 heavy (non-hydrogen) atoms. The summed E-state index contributed by atoms with van der Waals surface area (Å²) in [6, 6.07) is 9.16. The van der Waals surface area contributed by atoms with Crippen molar-refractivity contribution < 1.29 is 9.84 Å². The highest BCUT2D eigenvalue weighted by molar-refractivity contribution is 9.10. The van der Waals surface area contributed by atoms with E-state index in [1.165, 1.54) is 7.11 Å². The van der Waals surface area contributed by atoms with Gasteiger partial charge in [-0.25, -0.2) is 0 Å². The van der Waals surface area contributed by atoms with Crippen molar-refractivity contribution in [3.8, 4) is 11.8 Å². The average molecular weight is 310 g/mol. The Hall–Kier alpha value is -1.82. The number of phenolic OH excluding ortho intramolecular Hbond substituents is 1. The van der Waals surface area contributed by atoms with Crippen LogP contribution in [-0.2, 0) is 6.54 Å². The molecule has 0 bridgehead atoms. The highest BCUT2D eigenvalue weighted by Gasteiger charge is 2.04. The number of hydrogen-bond acceptors (Lipinski definition) is 5. The Morgan fingerprint density at radius 2 is 2.11 bits per heavy atom. The Morgan fingerprint density at radius 1 is 1.33 bits per heavy atom. The summed E-state index contributed by atoms with van der Waals surface area (Å²) >= 11 is 3.27. The summed E-state index contributed by atoms with van der Waals surface area (Å²) in [7, 11) is 1.51. The number of hydrogen-bond donors (Lipinski definition) is 2. The molecule has 0 unspecified atom stereocenters. The Balaban J connectivity index is 2.11. The fourth-order valence-electron chi connectivity index (χ4n) is 1.42. The molecule has 5 nitrogen and oxygen atoms in total. The molecule has 0 aliphatic carbocycles. The van der Waals surface area contributed by atoms with Crippen LogP contribution < -0.4 is 10.1 Å². The third-order valence-corrected chi connectivity index (χ3v) is 2.71. The van der Waals surface area contributed by atoms with Gasteiger partial charge in [0.1, 0.15) is 16.2 Å². The number of halogens is 1. The molecular weight excluding hydrogens is 298 g/mol. The second kappa shape index (κ2) is 5.68. The van der Waals surface area contributed by atoms with Crippen molar-refractivity contribution in [3.05, 3.63) is 40.5 Å². The van der Waals surface area contributed by atoms with E-state index < -0.39 is 0 Å². The first-order chi connectivity index (χ1) is 8.69. The predicted molar refractivity (Wildman–Crippen MR) is 71.7 cm³/mol. The molecule has 0 spiro atoms. The number of aromatic nitrogens is 2. The van der Waals surface area contributed by atoms with E-state index in [0.717, 1.165) is 5.56 Å². The summed E-state index contributed by atoms with van der Waals surface area (Å²) in [5.74, 6) is 0.877. The zero-order valence-corrected chi connectivity index (χ0v) is 11.3. The Kier molecular flexibility index (Phi) is 3.99. The molecule has 2 rings (SSSR count). The largest absolute Gasteiger partial charge is 0.508 e. The monoisotopic (exact) mass is 309 g/mol.